The third-order valence-electron chi connectivity index (χ3n) is 7.91. The number of phenols is 1. The van der Waals surface area contributed by atoms with Crippen molar-refractivity contribution in [3.63, 3.8) is 0 Å². The van der Waals surface area contributed by atoms with E-state index in [9.17, 15) is 5.11 Å². The number of aromatic nitrogens is 3. The molecule has 7 aromatic rings. The highest BCUT2D eigenvalue weighted by atomic mass is 16.3. The molecule has 4 heteroatoms. The molecule has 0 amide bonds. The summed E-state index contributed by atoms with van der Waals surface area (Å²) < 4.78 is 2.24. The Morgan fingerprint density at radius 1 is 0.619 bits per heavy atom. The van der Waals surface area contributed by atoms with E-state index in [2.05, 4.69) is 110 Å². The van der Waals surface area contributed by atoms with Gasteiger partial charge < -0.3 is 5.11 Å². The molecular weight excluding hydrogens is 514 g/mol. The van der Waals surface area contributed by atoms with Crippen LogP contribution in [0.15, 0.2) is 128 Å². The number of fused-ring (bicyclic) bond motifs is 3. The van der Waals surface area contributed by atoms with E-state index in [4.69, 9.17) is 9.97 Å². The molecular formula is C38H31N3O. The number of pyridine rings is 2. The Morgan fingerprint density at radius 2 is 1.38 bits per heavy atom. The zero-order valence-electron chi connectivity index (χ0n) is 23.9. The van der Waals surface area contributed by atoms with Gasteiger partial charge in [-0.2, -0.15) is 0 Å². The molecule has 0 aliphatic heterocycles. The van der Waals surface area contributed by atoms with Crippen LogP contribution in [0, 0.1) is 0 Å². The molecule has 4 nitrogen and oxygen atoms in total. The second-order valence-corrected chi connectivity index (χ2v) is 11.8. The molecule has 3 aromatic heterocycles. The van der Waals surface area contributed by atoms with Crippen LogP contribution in [0.4, 0.5) is 0 Å². The van der Waals surface area contributed by atoms with Crippen molar-refractivity contribution >= 4 is 21.9 Å². The normalized spacial score (nSPS) is 11.8. The molecule has 7 rings (SSSR count). The van der Waals surface area contributed by atoms with E-state index < -0.39 is 0 Å². The van der Waals surface area contributed by atoms with Crippen molar-refractivity contribution in [2.45, 2.75) is 26.2 Å². The van der Waals surface area contributed by atoms with Crippen LogP contribution >= 0.6 is 0 Å². The average molecular weight is 546 g/mol. The Hall–Kier alpha value is -5.22. The highest BCUT2D eigenvalue weighted by Crippen LogP contribution is 2.37. The molecule has 0 aliphatic rings. The lowest BCUT2D eigenvalue weighted by molar-refractivity contribution is 0.477. The van der Waals surface area contributed by atoms with Crippen LogP contribution in [0.3, 0.4) is 0 Å². The van der Waals surface area contributed by atoms with E-state index in [1.54, 1.807) is 6.07 Å². The van der Waals surface area contributed by atoms with Gasteiger partial charge >= 0.3 is 0 Å². The Balaban J connectivity index is 1.49. The van der Waals surface area contributed by atoms with Crippen molar-refractivity contribution in [1.82, 2.24) is 14.5 Å². The van der Waals surface area contributed by atoms with E-state index in [-0.39, 0.29) is 11.2 Å². The number of benzene rings is 4. The maximum absolute atomic E-state index is 10.6. The molecule has 0 radical (unpaired) electrons. The van der Waals surface area contributed by atoms with Crippen molar-refractivity contribution in [1.29, 1.82) is 0 Å². The summed E-state index contributed by atoms with van der Waals surface area (Å²) in [6.07, 6.45) is 1.89. The lowest BCUT2D eigenvalue weighted by Gasteiger charge is -2.22. The number of hydrogen-bond donors (Lipinski definition) is 1. The highest BCUT2D eigenvalue weighted by molar-refractivity contribution is 6.08. The first-order chi connectivity index (χ1) is 20.4. The van der Waals surface area contributed by atoms with Crippen LogP contribution in [-0.4, -0.2) is 19.6 Å². The summed E-state index contributed by atoms with van der Waals surface area (Å²) in [4.78, 5) is 9.97. The van der Waals surface area contributed by atoms with Gasteiger partial charge in [0, 0.05) is 33.8 Å². The van der Waals surface area contributed by atoms with E-state index in [1.165, 1.54) is 5.56 Å². The molecule has 4 aromatic carbocycles. The number of hydrogen-bond acceptors (Lipinski definition) is 3. The molecule has 0 unspecified atom stereocenters. The molecule has 42 heavy (non-hydrogen) atoms. The maximum Gasteiger partial charge on any atom is 0.146 e. The lowest BCUT2D eigenvalue weighted by Crippen LogP contribution is -2.12. The number of nitrogens with zero attached hydrogens (tertiary/aromatic N) is 3. The minimum Gasteiger partial charge on any atom is -0.507 e. The summed E-state index contributed by atoms with van der Waals surface area (Å²) in [5.41, 5.74) is 9.79. The molecule has 1 N–H and O–H groups in total. The van der Waals surface area contributed by atoms with Crippen LogP contribution in [-0.2, 0) is 5.41 Å². The van der Waals surface area contributed by atoms with Crippen molar-refractivity contribution in [3.05, 3.63) is 133 Å². The Morgan fingerprint density at radius 3 is 2.19 bits per heavy atom. The molecule has 0 saturated carbocycles. The maximum atomic E-state index is 10.6. The van der Waals surface area contributed by atoms with E-state index in [1.807, 2.05) is 36.5 Å². The molecule has 0 aliphatic carbocycles. The largest absolute Gasteiger partial charge is 0.507 e. The smallest absolute Gasteiger partial charge is 0.146 e. The molecule has 0 fully saturated rings. The summed E-state index contributed by atoms with van der Waals surface area (Å²) in [6, 6.07) is 41.3. The second kappa shape index (κ2) is 10.0. The van der Waals surface area contributed by atoms with Gasteiger partial charge in [0.15, 0.2) is 0 Å². The standard InChI is InChI=1S/C38H31N3O/c1-38(2,3)28-21-27(34-23-26(19-20-39-34)25-11-5-4-6-12-25)22-29(24-28)41-35-15-9-7-13-30(35)31-17-18-33(40-37(31)41)32-14-8-10-16-36(32)42/h4-24,42H,1-3H3. The van der Waals surface area contributed by atoms with Crippen LogP contribution in [0.1, 0.15) is 26.3 Å². The summed E-state index contributed by atoms with van der Waals surface area (Å²) in [6.45, 7) is 6.72. The summed E-state index contributed by atoms with van der Waals surface area (Å²) in [5, 5.41) is 12.8. The summed E-state index contributed by atoms with van der Waals surface area (Å²) >= 11 is 0. The summed E-state index contributed by atoms with van der Waals surface area (Å²) in [7, 11) is 0. The Kier molecular flexibility index (Phi) is 6.13. The fourth-order valence-electron chi connectivity index (χ4n) is 5.66. The Bertz CT molecular complexity index is 2080. The van der Waals surface area contributed by atoms with Gasteiger partial charge in [0.2, 0.25) is 0 Å². The molecule has 204 valence electrons. The van der Waals surface area contributed by atoms with Gasteiger partial charge in [-0.15, -0.1) is 0 Å². The SMILES string of the molecule is CC(C)(C)c1cc(-c2cc(-c3ccccc3)ccn2)cc(-n2c3ccccc3c3ccc(-c4ccccc4O)nc32)c1. The van der Waals surface area contributed by atoms with Crippen LogP contribution < -0.4 is 0 Å². The van der Waals surface area contributed by atoms with Crippen molar-refractivity contribution < 1.29 is 5.11 Å². The van der Waals surface area contributed by atoms with Gasteiger partial charge in [-0.05, 0) is 82.8 Å². The molecule has 0 spiro atoms. The fourth-order valence-corrected chi connectivity index (χ4v) is 5.66. The quantitative estimate of drug-likeness (QED) is 0.240. The Labute approximate surface area is 245 Å². The van der Waals surface area contributed by atoms with E-state index >= 15 is 0 Å². The minimum absolute atomic E-state index is 0.0883. The van der Waals surface area contributed by atoms with E-state index in [0.29, 0.717) is 5.56 Å². The monoisotopic (exact) mass is 545 g/mol. The molecule has 3 heterocycles. The zero-order chi connectivity index (χ0) is 28.8. The van der Waals surface area contributed by atoms with Crippen LogP contribution in [0.5, 0.6) is 5.75 Å². The van der Waals surface area contributed by atoms with Crippen molar-refractivity contribution in [3.8, 4) is 45.1 Å². The van der Waals surface area contributed by atoms with Gasteiger partial charge in [-0.1, -0.05) is 81.4 Å². The molecule has 0 atom stereocenters. The van der Waals surface area contributed by atoms with Gasteiger partial charge in [0.1, 0.15) is 11.4 Å². The average Bonchev–Trinajstić information content (AvgIpc) is 3.35. The first kappa shape index (κ1) is 25.7. The number of phenolic OH excluding ortho intramolecular Hbond substituents is 1. The van der Waals surface area contributed by atoms with Gasteiger partial charge in [-0.25, -0.2) is 4.98 Å². The number of para-hydroxylation sites is 2. The summed E-state index contributed by atoms with van der Waals surface area (Å²) in [5.74, 6) is 0.216. The fraction of sp³-hybridized carbons (Fsp3) is 0.105. The van der Waals surface area contributed by atoms with Crippen molar-refractivity contribution in [2.24, 2.45) is 0 Å². The van der Waals surface area contributed by atoms with Crippen LogP contribution in [0.25, 0.3) is 61.3 Å². The zero-order valence-corrected chi connectivity index (χ0v) is 23.9. The number of aromatic hydroxyl groups is 1. The predicted molar refractivity (Wildman–Crippen MR) is 173 cm³/mol. The lowest BCUT2D eigenvalue weighted by atomic mass is 9.85. The van der Waals surface area contributed by atoms with E-state index in [0.717, 1.165) is 55.7 Å². The second-order valence-electron chi connectivity index (χ2n) is 11.8. The van der Waals surface area contributed by atoms with Gasteiger partial charge in [-0.3, -0.25) is 9.55 Å². The molecule has 0 bridgehead atoms. The predicted octanol–water partition coefficient (Wildman–Crippen LogP) is 9.58. The third-order valence-corrected chi connectivity index (χ3v) is 7.91. The third kappa shape index (κ3) is 4.51. The topological polar surface area (TPSA) is 50.9 Å². The highest BCUT2D eigenvalue weighted by Gasteiger charge is 2.20. The van der Waals surface area contributed by atoms with Crippen molar-refractivity contribution in [2.75, 3.05) is 0 Å². The first-order valence-electron chi connectivity index (χ1n) is 14.2. The van der Waals surface area contributed by atoms with Gasteiger partial charge in [0.25, 0.3) is 0 Å². The number of rotatable bonds is 4. The first-order valence-corrected chi connectivity index (χ1v) is 14.2. The van der Waals surface area contributed by atoms with Gasteiger partial charge in [0.05, 0.1) is 16.9 Å². The van der Waals surface area contributed by atoms with Crippen LogP contribution in [0.2, 0.25) is 0 Å². The minimum atomic E-state index is -0.0883. The molecule has 0 saturated heterocycles.